The summed E-state index contributed by atoms with van der Waals surface area (Å²) in [6.45, 7) is 8.37. The third-order valence-electron chi connectivity index (χ3n) is 8.00. The molecule has 3 aliphatic heterocycles. The summed E-state index contributed by atoms with van der Waals surface area (Å²) in [5.74, 6) is -1.54. The van der Waals surface area contributed by atoms with Crippen LogP contribution in [0, 0.1) is 17.8 Å². The highest BCUT2D eigenvalue weighted by molar-refractivity contribution is 8.02. The van der Waals surface area contributed by atoms with Crippen LogP contribution >= 0.6 is 11.8 Å². The Morgan fingerprint density at radius 1 is 1.34 bits per heavy atom. The number of carbonyl (C=O) groups excluding carboxylic acids is 3. The number of hydrogen-bond acceptors (Lipinski definition) is 6. The predicted octanol–water partition coefficient (Wildman–Crippen LogP) is 2.23. The number of thioether (sulfide) groups is 1. The van der Waals surface area contributed by atoms with Gasteiger partial charge in [-0.2, -0.15) is 0 Å². The zero-order chi connectivity index (χ0) is 23.0. The first kappa shape index (κ1) is 23.6. The standard InChI is InChI=1S/C24H36N2O5S/c1-4-11-25(16-9-7-6-8-10-16)22(29)20-24-15(3)14-17(32-24)18(23(30)31-5-2)19(24)21(28)26(20)12-13-27/h4,15-20,27H,1,5-14H2,2-3H3/t15?,17-,18+,19-,20?,24?/m0/s1. The Bertz CT molecular complexity index is 769. The van der Waals surface area contributed by atoms with E-state index in [2.05, 4.69) is 13.5 Å². The van der Waals surface area contributed by atoms with Gasteiger partial charge in [0.05, 0.1) is 29.8 Å². The molecule has 32 heavy (non-hydrogen) atoms. The first-order valence-electron chi connectivity index (χ1n) is 12.1. The highest BCUT2D eigenvalue weighted by atomic mass is 32.2. The fourth-order valence-electron chi connectivity index (χ4n) is 6.76. The second-order valence-electron chi connectivity index (χ2n) is 9.63. The summed E-state index contributed by atoms with van der Waals surface area (Å²) in [6, 6.07) is -0.519. The molecule has 4 fully saturated rings. The Morgan fingerprint density at radius 3 is 2.69 bits per heavy atom. The molecule has 4 rings (SSSR count). The number of aliphatic hydroxyl groups is 1. The van der Waals surface area contributed by atoms with Crippen molar-refractivity contribution in [1.29, 1.82) is 0 Å². The van der Waals surface area contributed by atoms with Gasteiger partial charge in [0, 0.05) is 24.4 Å². The van der Waals surface area contributed by atoms with Crippen LogP contribution in [0.25, 0.3) is 0 Å². The van der Waals surface area contributed by atoms with Gasteiger partial charge in [-0.05, 0) is 32.1 Å². The molecular weight excluding hydrogens is 428 g/mol. The molecule has 0 radical (unpaired) electrons. The number of carbonyl (C=O) groups is 3. The van der Waals surface area contributed by atoms with Crippen molar-refractivity contribution in [3.8, 4) is 0 Å². The molecule has 7 nitrogen and oxygen atoms in total. The molecule has 3 saturated heterocycles. The maximum Gasteiger partial charge on any atom is 0.310 e. The SMILES string of the molecule is C=CCN(C(=O)C1N(CCO)C(=O)[C@@H]2[C@H](C(=O)OCC)[C@@H]3CC(C)C12S3)C1CCCCC1. The van der Waals surface area contributed by atoms with E-state index in [9.17, 15) is 19.5 Å². The Labute approximate surface area is 194 Å². The molecule has 2 amide bonds. The van der Waals surface area contributed by atoms with E-state index in [-0.39, 0.29) is 54.8 Å². The highest BCUT2D eigenvalue weighted by Gasteiger charge is 2.76. The Kier molecular flexibility index (Phi) is 6.92. The molecule has 6 atom stereocenters. The Balaban J connectivity index is 1.74. The monoisotopic (exact) mass is 464 g/mol. The van der Waals surface area contributed by atoms with Gasteiger partial charge in [0.25, 0.3) is 0 Å². The quantitative estimate of drug-likeness (QED) is 0.438. The summed E-state index contributed by atoms with van der Waals surface area (Å²) >= 11 is 1.65. The van der Waals surface area contributed by atoms with Crippen LogP contribution < -0.4 is 0 Å². The number of nitrogens with zero attached hydrogens (tertiary/aromatic N) is 2. The normalized spacial score (nSPS) is 36.3. The number of aliphatic hydroxyl groups excluding tert-OH is 1. The average Bonchev–Trinajstić information content (AvgIpc) is 3.37. The summed E-state index contributed by atoms with van der Waals surface area (Å²) in [5, 5.41) is 9.75. The molecule has 1 aliphatic carbocycles. The molecule has 0 aromatic heterocycles. The maximum atomic E-state index is 14.2. The van der Waals surface area contributed by atoms with Gasteiger partial charge in [-0.3, -0.25) is 14.4 Å². The second-order valence-corrected chi connectivity index (χ2v) is 11.2. The minimum atomic E-state index is -0.668. The summed E-state index contributed by atoms with van der Waals surface area (Å²) in [6.07, 6.45) is 7.87. The minimum Gasteiger partial charge on any atom is -0.466 e. The lowest BCUT2D eigenvalue weighted by atomic mass is 9.66. The molecular formula is C24H36N2O5S. The van der Waals surface area contributed by atoms with Gasteiger partial charge >= 0.3 is 5.97 Å². The molecule has 4 aliphatic rings. The molecule has 178 valence electrons. The van der Waals surface area contributed by atoms with Crippen LogP contribution in [0.15, 0.2) is 12.7 Å². The number of rotatable bonds is 8. The van der Waals surface area contributed by atoms with Crippen molar-refractivity contribution < 1.29 is 24.2 Å². The van der Waals surface area contributed by atoms with Crippen LogP contribution in [0.5, 0.6) is 0 Å². The number of esters is 1. The van der Waals surface area contributed by atoms with Crippen LogP contribution in [0.2, 0.25) is 0 Å². The largest absolute Gasteiger partial charge is 0.466 e. The number of ether oxygens (including phenoxy) is 1. The van der Waals surface area contributed by atoms with Gasteiger partial charge in [-0.15, -0.1) is 18.3 Å². The highest BCUT2D eigenvalue weighted by Crippen LogP contribution is 2.68. The number of hydrogen-bond donors (Lipinski definition) is 1. The Morgan fingerprint density at radius 2 is 2.06 bits per heavy atom. The first-order chi connectivity index (χ1) is 15.4. The molecule has 3 unspecified atom stereocenters. The van der Waals surface area contributed by atoms with Crippen molar-refractivity contribution in [1.82, 2.24) is 9.80 Å². The zero-order valence-electron chi connectivity index (χ0n) is 19.2. The van der Waals surface area contributed by atoms with Gasteiger partial charge in [0.1, 0.15) is 6.04 Å². The lowest BCUT2D eigenvalue weighted by Crippen LogP contribution is -2.59. The summed E-state index contributed by atoms with van der Waals surface area (Å²) in [5.41, 5.74) is 0. The molecule has 0 aromatic rings. The van der Waals surface area contributed by atoms with E-state index in [0.29, 0.717) is 6.54 Å². The summed E-state index contributed by atoms with van der Waals surface area (Å²) < 4.78 is 4.70. The summed E-state index contributed by atoms with van der Waals surface area (Å²) in [4.78, 5) is 44.3. The van der Waals surface area contributed by atoms with Gasteiger partial charge in [-0.1, -0.05) is 32.3 Å². The minimum absolute atomic E-state index is 0.00730. The maximum absolute atomic E-state index is 14.2. The first-order valence-corrected chi connectivity index (χ1v) is 13.0. The molecule has 0 aromatic carbocycles. The second kappa shape index (κ2) is 9.37. The van der Waals surface area contributed by atoms with E-state index >= 15 is 0 Å². The topological polar surface area (TPSA) is 87.2 Å². The predicted molar refractivity (Wildman–Crippen MR) is 123 cm³/mol. The van der Waals surface area contributed by atoms with E-state index in [1.165, 1.54) is 6.42 Å². The van der Waals surface area contributed by atoms with E-state index in [0.717, 1.165) is 32.1 Å². The summed E-state index contributed by atoms with van der Waals surface area (Å²) in [7, 11) is 0. The van der Waals surface area contributed by atoms with Gasteiger partial charge < -0.3 is 19.6 Å². The smallest absolute Gasteiger partial charge is 0.310 e. The molecule has 8 heteroatoms. The van der Waals surface area contributed by atoms with E-state index < -0.39 is 22.6 Å². The van der Waals surface area contributed by atoms with Crippen molar-refractivity contribution in [3.63, 3.8) is 0 Å². The molecule has 1 spiro atoms. The van der Waals surface area contributed by atoms with Crippen LogP contribution in [-0.4, -0.2) is 81.1 Å². The van der Waals surface area contributed by atoms with Gasteiger partial charge in [0.2, 0.25) is 11.8 Å². The lowest BCUT2D eigenvalue weighted by molar-refractivity contribution is -0.154. The number of fused-ring (bicyclic) bond motifs is 1. The lowest BCUT2D eigenvalue weighted by Gasteiger charge is -2.43. The van der Waals surface area contributed by atoms with Crippen LogP contribution in [0.3, 0.4) is 0 Å². The van der Waals surface area contributed by atoms with Crippen LogP contribution in [0.4, 0.5) is 0 Å². The van der Waals surface area contributed by atoms with Crippen molar-refractivity contribution in [2.45, 2.75) is 74.5 Å². The van der Waals surface area contributed by atoms with Crippen molar-refractivity contribution in [2.75, 3.05) is 26.3 Å². The molecule has 2 bridgehead atoms. The van der Waals surface area contributed by atoms with Crippen molar-refractivity contribution >= 4 is 29.5 Å². The average molecular weight is 465 g/mol. The third kappa shape index (κ3) is 3.49. The number of β-amino-alcohol motifs (C(OH)–C–C–N with tert-alkyl or cyclic N) is 1. The van der Waals surface area contributed by atoms with Crippen LogP contribution in [0.1, 0.15) is 52.4 Å². The molecule has 1 N–H and O–H groups in total. The molecule has 1 saturated carbocycles. The van der Waals surface area contributed by atoms with Gasteiger partial charge in [-0.25, -0.2) is 0 Å². The van der Waals surface area contributed by atoms with Crippen LogP contribution in [-0.2, 0) is 19.1 Å². The Hall–Kier alpha value is -1.54. The van der Waals surface area contributed by atoms with E-state index in [1.54, 1.807) is 29.7 Å². The third-order valence-corrected chi connectivity index (χ3v) is 10.1. The van der Waals surface area contributed by atoms with Crippen molar-refractivity contribution in [3.05, 3.63) is 12.7 Å². The fourth-order valence-corrected chi connectivity index (χ4v) is 9.17. The number of amides is 2. The van der Waals surface area contributed by atoms with E-state index in [1.807, 2.05) is 4.90 Å². The molecule has 3 heterocycles. The van der Waals surface area contributed by atoms with Gasteiger partial charge in [0.15, 0.2) is 0 Å². The van der Waals surface area contributed by atoms with E-state index in [4.69, 9.17) is 4.74 Å². The zero-order valence-corrected chi connectivity index (χ0v) is 20.0. The number of likely N-dealkylation sites (tertiary alicyclic amines) is 1. The van der Waals surface area contributed by atoms with Crippen molar-refractivity contribution in [2.24, 2.45) is 17.8 Å². The fraction of sp³-hybridized carbons (Fsp3) is 0.792.